The van der Waals surface area contributed by atoms with Crippen molar-refractivity contribution in [2.45, 2.75) is 73.6 Å². The lowest BCUT2D eigenvalue weighted by molar-refractivity contribution is -0.170. The second kappa shape index (κ2) is 7.55. The van der Waals surface area contributed by atoms with Gasteiger partial charge in [-0.2, -0.15) is 0 Å². The monoisotopic (exact) mass is 404 g/mol. The summed E-state index contributed by atoms with van der Waals surface area (Å²) in [4.78, 5) is 36.5. The Morgan fingerprint density at radius 2 is 1.66 bits per heavy atom. The molecule has 2 saturated carbocycles. The molecule has 0 saturated heterocycles. The number of ether oxygens (including phenoxy) is 2. The molecule has 2 fully saturated rings. The largest absolute Gasteiger partial charge is 0.465 e. The van der Waals surface area contributed by atoms with E-state index in [1.807, 2.05) is 0 Å². The molecule has 0 N–H and O–H groups in total. The molecule has 0 aromatic carbocycles. The maximum atomic E-state index is 13.5. The summed E-state index contributed by atoms with van der Waals surface area (Å²) in [6.45, 7) is 12.3. The quantitative estimate of drug-likeness (QED) is 0.646. The Kier molecular flexibility index (Phi) is 5.74. The zero-order chi connectivity index (χ0) is 21.6. The summed E-state index contributed by atoms with van der Waals surface area (Å²) < 4.78 is 10.7. The van der Waals surface area contributed by atoms with Crippen molar-refractivity contribution in [2.75, 3.05) is 13.2 Å². The van der Waals surface area contributed by atoms with E-state index >= 15 is 0 Å². The van der Waals surface area contributed by atoms with Gasteiger partial charge >= 0.3 is 11.9 Å². The van der Waals surface area contributed by atoms with Crippen LogP contribution in [0.25, 0.3) is 0 Å². The topological polar surface area (TPSA) is 69.7 Å². The van der Waals surface area contributed by atoms with Crippen LogP contribution in [0.1, 0.15) is 73.6 Å². The Labute approximate surface area is 174 Å². The molecule has 0 aromatic rings. The molecule has 3 aliphatic rings. The highest BCUT2D eigenvalue weighted by Crippen LogP contribution is 2.67. The number of ketones is 1. The zero-order valence-corrected chi connectivity index (χ0v) is 18.8. The number of esters is 2. The van der Waals surface area contributed by atoms with E-state index in [0.717, 1.165) is 31.3 Å². The van der Waals surface area contributed by atoms with Crippen molar-refractivity contribution in [1.29, 1.82) is 0 Å². The lowest BCUT2D eigenvalue weighted by Crippen LogP contribution is -2.61. The number of allylic oxidation sites excluding steroid dienone is 1. The standard InChI is InChI=1S/C24H36O5/c1-15(25)28-13-17-12-19(27)21-23(5,18(17)14-29-16(2)26)11-8-20-22(3,4)9-7-10-24(20,21)6/h12,18,20-21H,7-11,13-14H2,1-6H3. The summed E-state index contributed by atoms with van der Waals surface area (Å²) in [5.74, 6) is -0.262. The maximum Gasteiger partial charge on any atom is 0.302 e. The van der Waals surface area contributed by atoms with Crippen LogP contribution in [-0.2, 0) is 23.9 Å². The van der Waals surface area contributed by atoms with Gasteiger partial charge in [-0.05, 0) is 59.5 Å². The summed E-state index contributed by atoms with van der Waals surface area (Å²) >= 11 is 0. The lowest BCUT2D eigenvalue weighted by atomic mass is 9.39. The molecule has 3 aliphatic carbocycles. The van der Waals surface area contributed by atoms with E-state index in [4.69, 9.17) is 9.47 Å². The summed E-state index contributed by atoms with van der Waals surface area (Å²) in [5.41, 5.74) is 0.628. The predicted molar refractivity (Wildman–Crippen MR) is 110 cm³/mol. The third-order valence-electron chi connectivity index (χ3n) is 8.32. The van der Waals surface area contributed by atoms with Crippen molar-refractivity contribution < 1.29 is 23.9 Å². The van der Waals surface area contributed by atoms with Crippen LogP contribution in [0.4, 0.5) is 0 Å². The molecule has 5 nitrogen and oxygen atoms in total. The minimum absolute atomic E-state index is 0.0657. The van der Waals surface area contributed by atoms with Gasteiger partial charge in [0.25, 0.3) is 0 Å². The molecule has 0 radical (unpaired) electrons. The van der Waals surface area contributed by atoms with E-state index in [2.05, 4.69) is 27.7 Å². The van der Waals surface area contributed by atoms with Crippen molar-refractivity contribution >= 4 is 17.7 Å². The second-order valence-electron chi connectivity index (χ2n) is 10.6. The Hall–Kier alpha value is -1.65. The summed E-state index contributed by atoms with van der Waals surface area (Å²) in [7, 11) is 0. The van der Waals surface area contributed by atoms with Crippen LogP contribution in [-0.4, -0.2) is 30.9 Å². The molecule has 0 heterocycles. The fourth-order valence-corrected chi connectivity index (χ4v) is 7.23. The maximum absolute atomic E-state index is 13.5. The molecule has 5 unspecified atom stereocenters. The predicted octanol–water partition coefficient (Wildman–Crippen LogP) is 4.49. The number of rotatable bonds is 4. The van der Waals surface area contributed by atoms with Gasteiger partial charge < -0.3 is 9.47 Å². The molecule has 0 spiro atoms. The van der Waals surface area contributed by atoms with Crippen molar-refractivity contribution in [3.05, 3.63) is 11.6 Å². The van der Waals surface area contributed by atoms with Crippen LogP contribution in [0, 0.1) is 34.0 Å². The van der Waals surface area contributed by atoms with Gasteiger partial charge in [-0.1, -0.05) is 34.1 Å². The average Bonchev–Trinajstić information content (AvgIpc) is 2.57. The molecular weight excluding hydrogens is 368 g/mol. The first-order valence-electron chi connectivity index (χ1n) is 10.9. The highest BCUT2D eigenvalue weighted by molar-refractivity contribution is 5.95. The smallest absolute Gasteiger partial charge is 0.302 e. The Morgan fingerprint density at radius 3 is 2.28 bits per heavy atom. The van der Waals surface area contributed by atoms with Crippen molar-refractivity contribution in [3.8, 4) is 0 Å². The van der Waals surface area contributed by atoms with Crippen LogP contribution in [0.5, 0.6) is 0 Å². The van der Waals surface area contributed by atoms with Gasteiger partial charge in [0.1, 0.15) is 6.61 Å². The minimum Gasteiger partial charge on any atom is -0.465 e. The van der Waals surface area contributed by atoms with Crippen LogP contribution in [0.15, 0.2) is 11.6 Å². The molecule has 0 aromatic heterocycles. The lowest BCUT2D eigenvalue weighted by Gasteiger charge is -2.64. The number of fused-ring (bicyclic) bond motifs is 3. The Bertz CT molecular complexity index is 736. The Balaban J connectivity index is 2.03. The molecule has 29 heavy (non-hydrogen) atoms. The Morgan fingerprint density at radius 1 is 1.00 bits per heavy atom. The minimum atomic E-state index is -0.374. The van der Waals surface area contributed by atoms with E-state index < -0.39 is 0 Å². The van der Waals surface area contributed by atoms with E-state index in [-0.39, 0.29) is 59.0 Å². The van der Waals surface area contributed by atoms with Gasteiger partial charge in [0.15, 0.2) is 5.78 Å². The molecule has 0 amide bonds. The van der Waals surface area contributed by atoms with Crippen LogP contribution >= 0.6 is 0 Å². The molecule has 0 aliphatic heterocycles. The van der Waals surface area contributed by atoms with E-state index in [1.54, 1.807) is 6.08 Å². The molecule has 5 heteroatoms. The molecule has 162 valence electrons. The van der Waals surface area contributed by atoms with E-state index in [0.29, 0.717) is 5.92 Å². The van der Waals surface area contributed by atoms with E-state index in [9.17, 15) is 14.4 Å². The van der Waals surface area contributed by atoms with Gasteiger partial charge in [0.05, 0.1) is 6.61 Å². The highest BCUT2D eigenvalue weighted by atomic mass is 16.5. The number of carbonyl (C=O) groups excluding carboxylic acids is 3. The second-order valence-corrected chi connectivity index (χ2v) is 10.6. The number of carbonyl (C=O) groups is 3. The van der Waals surface area contributed by atoms with Crippen molar-refractivity contribution in [2.24, 2.45) is 34.0 Å². The molecule has 0 bridgehead atoms. The van der Waals surface area contributed by atoms with Crippen LogP contribution in [0.2, 0.25) is 0 Å². The van der Waals surface area contributed by atoms with Gasteiger partial charge in [-0.15, -0.1) is 0 Å². The van der Waals surface area contributed by atoms with Gasteiger partial charge in [-0.3, -0.25) is 14.4 Å². The fraction of sp³-hybridized carbons (Fsp3) is 0.792. The highest BCUT2D eigenvalue weighted by Gasteiger charge is 2.63. The SMILES string of the molecule is CC(=O)OCC1=CC(=O)C2C(C)(CCC3C(C)(C)CCCC32C)C1COC(C)=O. The average molecular weight is 405 g/mol. The zero-order valence-electron chi connectivity index (χ0n) is 18.8. The summed E-state index contributed by atoms with van der Waals surface area (Å²) in [6.07, 6.45) is 7.07. The first-order valence-corrected chi connectivity index (χ1v) is 10.9. The van der Waals surface area contributed by atoms with Crippen molar-refractivity contribution in [1.82, 2.24) is 0 Å². The summed E-state index contributed by atoms with van der Waals surface area (Å²) in [6, 6.07) is 0. The molecule has 5 atom stereocenters. The van der Waals surface area contributed by atoms with Crippen LogP contribution < -0.4 is 0 Å². The van der Waals surface area contributed by atoms with E-state index in [1.165, 1.54) is 20.3 Å². The third-order valence-corrected chi connectivity index (χ3v) is 8.32. The molecular formula is C24H36O5. The van der Waals surface area contributed by atoms with Crippen molar-refractivity contribution in [3.63, 3.8) is 0 Å². The van der Waals surface area contributed by atoms with Gasteiger partial charge in [0, 0.05) is 25.7 Å². The van der Waals surface area contributed by atoms with Gasteiger partial charge in [0.2, 0.25) is 0 Å². The summed E-state index contributed by atoms with van der Waals surface area (Å²) in [5, 5.41) is 0. The number of hydrogen-bond acceptors (Lipinski definition) is 5. The number of hydrogen-bond donors (Lipinski definition) is 0. The third kappa shape index (κ3) is 3.77. The first-order chi connectivity index (χ1) is 13.4. The molecule has 3 rings (SSSR count). The van der Waals surface area contributed by atoms with Gasteiger partial charge in [-0.25, -0.2) is 0 Å². The fourth-order valence-electron chi connectivity index (χ4n) is 7.23. The normalized spacial score (nSPS) is 38.3. The first kappa shape index (κ1) is 22.0. The van der Waals surface area contributed by atoms with Crippen LogP contribution in [0.3, 0.4) is 0 Å².